The molecule has 7 aromatic carbocycles. The Labute approximate surface area is 283 Å². The molecule has 0 saturated carbocycles. The molecular formula is C46H29N3. The second-order valence-corrected chi connectivity index (χ2v) is 12.6. The highest BCUT2D eigenvalue weighted by atomic mass is 15.0. The van der Waals surface area contributed by atoms with Crippen molar-refractivity contribution < 1.29 is 0 Å². The molecule has 49 heavy (non-hydrogen) atoms. The Hall–Kier alpha value is -6.58. The molecule has 10 rings (SSSR count). The zero-order valence-electron chi connectivity index (χ0n) is 26.6. The molecule has 0 N–H and O–H groups in total. The van der Waals surface area contributed by atoms with Crippen molar-refractivity contribution in [3.8, 4) is 44.6 Å². The van der Waals surface area contributed by atoms with Gasteiger partial charge in [0.25, 0.3) is 0 Å². The van der Waals surface area contributed by atoms with E-state index < -0.39 is 0 Å². The Morgan fingerprint density at radius 3 is 1.61 bits per heavy atom. The van der Waals surface area contributed by atoms with Crippen LogP contribution >= 0.6 is 0 Å². The van der Waals surface area contributed by atoms with Crippen molar-refractivity contribution in [2.24, 2.45) is 0 Å². The van der Waals surface area contributed by atoms with E-state index in [0.29, 0.717) is 0 Å². The summed E-state index contributed by atoms with van der Waals surface area (Å²) in [6.07, 6.45) is 2.08. The average Bonchev–Trinajstić information content (AvgIpc) is 3.57. The first-order chi connectivity index (χ1) is 24.3. The van der Waals surface area contributed by atoms with Crippen LogP contribution in [0.2, 0.25) is 0 Å². The maximum Gasteiger partial charge on any atom is 0.137 e. The van der Waals surface area contributed by atoms with Crippen LogP contribution in [-0.4, -0.2) is 14.4 Å². The standard InChI is InChI=1S/C46H29N3/c1-2-13-30(14-3-1)31-24-26-32(27-25-31)42-35-17-4-6-19-37(35)43(38-20-7-5-18-36(38)42)33-15-12-16-34(29-33)44-46-45(39-21-8-9-22-40(39)47-44)48-41-23-10-11-28-49(41)46/h1-29H. The third-order valence-electron chi connectivity index (χ3n) is 9.78. The normalized spacial score (nSPS) is 11.7. The summed E-state index contributed by atoms with van der Waals surface area (Å²) in [6, 6.07) is 60.6. The van der Waals surface area contributed by atoms with Gasteiger partial charge in [-0.15, -0.1) is 0 Å². The highest BCUT2D eigenvalue weighted by molar-refractivity contribution is 6.21. The lowest BCUT2D eigenvalue weighted by Crippen LogP contribution is -1.94. The molecule has 3 heterocycles. The summed E-state index contributed by atoms with van der Waals surface area (Å²) in [4.78, 5) is 10.4. The van der Waals surface area contributed by atoms with Crippen LogP contribution in [0.4, 0.5) is 0 Å². The second-order valence-electron chi connectivity index (χ2n) is 12.6. The van der Waals surface area contributed by atoms with E-state index >= 15 is 0 Å². The lowest BCUT2D eigenvalue weighted by Gasteiger charge is -2.18. The van der Waals surface area contributed by atoms with Gasteiger partial charge in [-0.1, -0.05) is 146 Å². The van der Waals surface area contributed by atoms with Crippen molar-refractivity contribution in [1.82, 2.24) is 14.4 Å². The van der Waals surface area contributed by atoms with Gasteiger partial charge in [0.15, 0.2) is 0 Å². The average molecular weight is 624 g/mol. The Morgan fingerprint density at radius 1 is 0.367 bits per heavy atom. The molecule has 10 aromatic rings. The van der Waals surface area contributed by atoms with E-state index in [1.807, 2.05) is 12.1 Å². The van der Waals surface area contributed by atoms with Gasteiger partial charge in [-0.2, -0.15) is 0 Å². The van der Waals surface area contributed by atoms with Gasteiger partial charge in [-0.05, 0) is 79.2 Å². The molecule has 0 amide bonds. The third kappa shape index (κ3) is 4.37. The third-order valence-corrected chi connectivity index (χ3v) is 9.78. The van der Waals surface area contributed by atoms with Crippen LogP contribution in [0.25, 0.3) is 93.8 Å². The lowest BCUT2D eigenvalue weighted by molar-refractivity contribution is 1.22. The largest absolute Gasteiger partial charge is 0.298 e. The van der Waals surface area contributed by atoms with Crippen LogP contribution < -0.4 is 0 Å². The molecular weight excluding hydrogens is 595 g/mol. The molecule has 0 fully saturated rings. The van der Waals surface area contributed by atoms with Crippen LogP contribution in [0.1, 0.15) is 0 Å². The lowest BCUT2D eigenvalue weighted by atomic mass is 9.85. The fourth-order valence-electron chi connectivity index (χ4n) is 7.59. The summed E-state index contributed by atoms with van der Waals surface area (Å²) in [5.41, 5.74) is 13.1. The molecule has 0 atom stereocenters. The molecule has 0 radical (unpaired) electrons. The van der Waals surface area contributed by atoms with E-state index in [4.69, 9.17) is 9.97 Å². The van der Waals surface area contributed by atoms with E-state index in [9.17, 15) is 0 Å². The molecule has 3 heteroatoms. The van der Waals surface area contributed by atoms with E-state index in [0.717, 1.165) is 44.4 Å². The Kier molecular flexibility index (Phi) is 6.18. The summed E-state index contributed by atoms with van der Waals surface area (Å²) in [6.45, 7) is 0. The number of nitrogens with zero attached hydrogens (tertiary/aromatic N) is 3. The predicted octanol–water partition coefficient (Wildman–Crippen LogP) is 12.0. The number of fused-ring (bicyclic) bond motifs is 7. The minimum absolute atomic E-state index is 0.914. The maximum absolute atomic E-state index is 5.28. The number of pyridine rings is 2. The van der Waals surface area contributed by atoms with Gasteiger partial charge in [-0.3, -0.25) is 4.40 Å². The Bertz CT molecular complexity index is 2810. The zero-order chi connectivity index (χ0) is 32.3. The van der Waals surface area contributed by atoms with Crippen molar-refractivity contribution in [2.75, 3.05) is 0 Å². The highest BCUT2D eigenvalue weighted by Crippen LogP contribution is 2.45. The first-order valence-electron chi connectivity index (χ1n) is 16.7. The van der Waals surface area contributed by atoms with Gasteiger partial charge in [0, 0.05) is 17.1 Å². The van der Waals surface area contributed by atoms with Crippen LogP contribution in [0.5, 0.6) is 0 Å². The van der Waals surface area contributed by atoms with Crippen molar-refractivity contribution in [3.05, 3.63) is 176 Å². The number of rotatable bonds is 4. The van der Waals surface area contributed by atoms with Crippen molar-refractivity contribution in [1.29, 1.82) is 0 Å². The molecule has 0 aliphatic rings. The van der Waals surface area contributed by atoms with Gasteiger partial charge in [-0.25, -0.2) is 9.97 Å². The van der Waals surface area contributed by atoms with Crippen molar-refractivity contribution >= 4 is 49.1 Å². The van der Waals surface area contributed by atoms with E-state index in [-0.39, 0.29) is 0 Å². The molecule has 3 aromatic heterocycles. The van der Waals surface area contributed by atoms with Gasteiger partial charge >= 0.3 is 0 Å². The van der Waals surface area contributed by atoms with Gasteiger partial charge in [0.1, 0.15) is 11.2 Å². The van der Waals surface area contributed by atoms with Gasteiger partial charge < -0.3 is 0 Å². The van der Waals surface area contributed by atoms with Crippen LogP contribution in [0, 0.1) is 0 Å². The summed E-state index contributed by atoms with van der Waals surface area (Å²) in [5, 5.41) is 5.99. The van der Waals surface area contributed by atoms with Crippen LogP contribution in [0.3, 0.4) is 0 Å². The number of para-hydroxylation sites is 1. The van der Waals surface area contributed by atoms with Crippen molar-refractivity contribution in [3.63, 3.8) is 0 Å². The highest BCUT2D eigenvalue weighted by Gasteiger charge is 2.19. The van der Waals surface area contributed by atoms with E-state index in [1.165, 1.54) is 49.4 Å². The number of aromatic nitrogens is 3. The summed E-state index contributed by atoms with van der Waals surface area (Å²) in [5.74, 6) is 0. The van der Waals surface area contributed by atoms with Gasteiger partial charge in [0.05, 0.1) is 16.7 Å². The molecule has 228 valence electrons. The molecule has 3 nitrogen and oxygen atoms in total. The first kappa shape index (κ1) is 27.5. The Balaban J connectivity index is 1.21. The van der Waals surface area contributed by atoms with Crippen LogP contribution in [-0.2, 0) is 0 Å². The quantitative estimate of drug-likeness (QED) is 0.183. The first-order valence-corrected chi connectivity index (χ1v) is 16.7. The van der Waals surface area contributed by atoms with E-state index in [2.05, 4.69) is 168 Å². The molecule has 0 spiro atoms. The number of hydrogen-bond donors (Lipinski definition) is 0. The molecule has 0 saturated heterocycles. The van der Waals surface area contributed by atoms with E-state index in [1.54, 1.807) is 0 Å². The monoisotopic (exact) mass is 623 g/mol. The molecule has 0 aliphatic carbocycles. The maximum atomic E-state index is 5.28. The van der Waals surface area contributed by atoms with Crippen molar-refractivity contribution in [2.45, 2.75) is 0 Å². The minimum atomic E-state index is 0.914. The molecule has 0 bridgehead atoms. The number of imidazole rings is 1. The zero-order valence-corrected chi connectivity index (χ0v) is 26.6. The fourth-order valence-corrected chi connectivity index (χ4v) is 7.59. The Morgan fingerprint density at radius 2 is 0.898 bits per heavy atom. The number of hydrogen-bond acceptors (Lipinski definition) is 2. The fraction of sp³-hybridized carbons (Fsp3) is 0. The smallest absolute Gasteiger partial charge is 0.137 e. The van der Waals surface area contributed by atoms with Gasteiger partial charge in [0.2, 0.25) is 0 Å². The topological polar surface area (TPSA) is 30.2 Å². The summed E-state index contributed by atoms with van der Waals surface area (Å²) < 4.78 is 2.17. The predicted molar refractivity (Wildman–Crippen MR) is 205 cm³/mol. The van der Waals surface area contributed by atoms with Crippen LogP contribution in [0.15, 0.2) is 176 Å². The molecule has 0 aliphatic heterocycles. The summed E-state index contributed by atoms with van der Waals surface area (Å²) >= 11 is 0. The second kappa shape index (κ2) is 11.0. The number of benzene rings is 7. The SMILES string of the molecule is c1ccc(-c2ccc(-c3c4ccccc4c(-c4cccc(-c5nc6ccccc6c6nc7ccccn7c56)c4)c4ccccc34)cc2)cc1. The summed E-state index contributed by atoms with van der Waals surface area (Å²) in [7, 11) is 0. The minimum Gasteiger partial charge on any atom is -0.298 e. The molecule has 0 unspecified atom stereocenters.